The molecule has 0 bridgehead atoms. The van der Waals surface area contributed by atoms with Crippen LogP contribution < -0.4 is 0 Å². The van der Waals surface area contributed by atoms with Crippen molar-refractivity contribution in [2.24, 2.45) is 11.8 Å². The lowest BCUT2D eigenvalue weighted by Crippen LogP contribution is -2.26. The molecular formula is C14H17F2NO2. The van der Waals surface area contributed by atoms with Crippen LogP contribution in [0.4, 0.5) is 8.78 Å². The standard InChI is InChI=1S/C14H17F2NO2/c1-8-6-17(7-11(8)14(18)19)9(2)10-3-4-12(15)13(16)5-10/h3-5,8-9,11H,6-7H2,1-2H3,(H,18,19). The summed E-state index contributed by atoms with van der Waals surface area (Å²) in [6.45, 7) is 4.87. The van der Waals surface area contributed by atoms with Gasteiger partial charge in [0.15, 0.2) is 11.6 Å². The molecule has 1 N–H and O–H groups in total. The molecule has 0 radical (unpaired) electrons. The maximum atomic E-state index is 13.2. The van der Waals surface area contributed by atoms with Gasteiger partial charge in [-0.3, -0.25) is 9.69 Å². The molecule has 3 atom stereocenters. The van der Waals surface area contributed by atoms with E-state index in [4.69, 9.17) is 5.11 Å². The van der Waals surface area contributed by atoms with Crippen LogP contribution in [0, 0.1) is 23.5 Å². The van der Waals surface area contributed by atoms with Gasteiger partial charge in [0.1, 0.15) is 0 Å². The Bertz CT molecular complexity index is 492. The van der Waals surface area contributed by atoms with Crippen LogP contribution in [0.25, 0.3) is 0 Å². The fraction of sp³-hybridized carbons (Fsp3) is 0.500. The molecule has 5 heteroatoms. The third-order valence-electron chi connectivity index (χ3n) is 3.93. The predicted octanol–water partition coefficient (Wildman–Crippen LogP) is 2.68. The number of carboxylic acids is 1. The fourth-order valence-electron chi connectivity index (χ4n) is 2.63. The molecule has 1 aliphatic rings. The maximum Gasteiger partial charge on any atom is 0.308 e. The largest absolute Gasteiger partial charge is 0.481 e. The summed E-state index contributed by atoms with van der Waals surface area (Å²) in [6, 6.07) is 3.71. The number of likely N-dealkylation sites (tertiary alicyclic amines) is 1. The second-order valence-electron chi connectivity index (χ2n) is 5.23. The normalized spacial score (nSPS) is 25.5. The summed E-state index contributed by atoms with van der Waals surface area (Å²) < 4.78 is 26.1. The molecule has 1 fully saturated rings. The number of benzene rings is 1. The number of halogens is 2. The molecular weight excluding hydrogens is 252 g/mol. The SMILES string of the molecule is CC1CN(C(C)c2ccc(F)c(F)c2)CC1C(=O)O. The number of carbonyl (C=O) groups is 1. The van der Waals surface area contributed by atoms with E-state index in [1.165, 1.54) is 6.07 Å². The first-order valence-electron chi connectivity index (χ1n) is 6.32. The van der Waals surface area contributed by atoms with Crippen LogP contribution in [-0.2, 0) is 4.79 Å². The molecule has 1 aromatic rings. The zero-order valence-electron chi connectivity index (χ0n) is 10.9. The molecule has 0 amide bonds. The third-order valence-corrected chi connectivity index (χ3v) is 3.93. The first kappa shape index (κ1) is 13.9. The van der Waals surface area contributed by atoms with Gasteiger partial charge in [-0.2, -0.15) is 0 Å². The average Bonchev–Trinajstić information content (AvgIpc) is 2.74. The van der Waals surface area contributed by atoms with E-state index in [1.807, 2.05) is 18.7 Å². The Hall–Kier alpha value is -1.49. The molecule has 104 valence electrons. The van der Waals surface area contributed by atoms with E-state index < -0.39 is 23.5 Å². The quantitative estimate of drug-likeness (QED) is 0.917. The molecule has 1 aromatic carbocycles. The van der Waals surface area contributed by atoms with Crippen molar-refractivity contribution in [3.05, 3.63) is 35.4 Å². The Kier molecular flexibility index (Phi) is 3.85. The van der Waals surface area contributed by atoms with E-state index in [0.717, 1.165) is 6.07 Å². The monoisotopic (exact) mass is 269 g/mol. The number of carboxylic acid groups (broad SMARTS) is 1. The fourth-order valence-corrected chi connectivity index (χ4v) is 2.63. The van der Waals surface area contributed by atoms with E-state index >= 15 is 0 Å². The molecule has 1 heterocycles. The third kappa shape index (κ3) is 2.76. The molecule has 0 spiro atoms. The molecule has 3 nitrogen and oxygen atoms in total. The highest BCUT2D eigenvalue weighted by Crippen LogP contribution is 2.31. The van der Waals surface area contributed by atoms with Crippen LogP contribution >= 0.6 is 0 Å². The van der Waals surface area contributed by atoms with Gasteiger partial charge in [0, 0.05) is 19.1 Å². The molecule has 1 aliphatic heterocycles. The van der Waals surface area contributed by atoms with E-state index in [1.54, 1.807) is 6.07 Å². The highest BCUT2D eigenvalue weighted by molar-refractivity contribution is 5.71. The zero-order valence-corrected chi connectivity index (χ0v) is 10.9. The van der Waals surface area contributed by atoms with Crippen molar-refractivity contribution >= 4 is 5.97 Å². The van der Waals surface area contributed by atoms with Crippen molar-refractivity contribution in [1.29, 1.82) is 0 Å². The average molecular weight is 269 g/mol. The summed E-state index contributed by atoms with van der Waals surface area (Å²) in [5.41, 5.74) is 0.664. The molecule has 0 aliphatic carbocycles. The van der Waals surface area contributed by atoms with Crippen molar-refractivity contribution in [3.8, 4) is 0 Å². The lowest BCUT2D eigenvalue weighted by atomic mass is 9.99. The van der Waals surface area contributed by atoms with E-state index in [9.17, 15) is 13.6 Å². The number of hydrogen-bond acceptors (Lipinski definition) is 2. The van der Waals surface area contributed by atoms with Crippen molar-refractivity contribution < 1.29 is 18.7 Å². The topological polar surface area (TPSA) is 40.5 Å². The Morgan fingerprint density at radius 1 is 1.37 bits per heavy atom. The summed E-state index contributed by atoms with van der Waals surface area (Å²) in [4.78, 5) is 13.1. The molecule has 19 heavy (non-hydrogen) atoms. The Morgan fingerprint density at radius 3 is 2.58 bits per heavy atom. The summed E-state index contributed by atoms with van der Waals surface area (Å²) in [7, 11) is 0. The number of rotatable bonds is 3. The number of nitrogens with zero attached hydrogens (tertiary/aromatic N) is 1. The van der Waals surface area contributed by atoms with Gasteiger partial charge in [0.2, 0.25) is 0 Å². The van der Waals surface area contributed by atoms with Gasteiger partial charge in [-0.25, -0.2) is 8.78 Å². The van der Waals surface area contributed by atoms with Gasteiger partial charge in [-0.15, -0.1) is 0 Å². The van der Waals surface area contributed by atoms with Crippen LogP contribution in [0.3, 0.4) is 0 Å². The summed E-state index contributed by atoms with van der Waals surface area (Å²) >= 11 is 0. The second kappa shape index (κ2) is 5.25. The van der Waals surface area contributed by atoms with Crippen LogP contribution in [0.15, 0.2) is 18.2 Å². The first-order valence-corrected chi connectivity index (χ1v) is 6.32. The molecule has 0 aromatic heterocycles. The maximum absolute atomic E-state index is 13.2. The number of hydrogen-bond donors (Lipinski definition) is 1. The minimum atomic E-state index is -0.869. The van der Waals surface area contributed by atoms with Crippen LogP contribution in [-0.4, -0.2) is 29.1 Å². The molecule has 0 saturated carbocycles. The van der Waals surface area contributed by atoms with Gasteiger partial charge in [-0.1, -0.05) is 13.0 Å². The van der Waals surface area contributed by atoms with Crippen LogP contribution in [0.5, 0.6) is 0 Å². The first-order chi connectivity index (χ1) is 8.90. The highest BCUT2D eigenvalue weighted by atomic mass is 19.2. The molecule has 3 unspecified atom stereocenters. The minimum Gasteiger partial charge on any atom is -0.481 e. The Morgan fingerprint density at radius 2 is 2.05 bits per heavy atom. The molecule has 1 saturated heterocycles. The lowest BCUT2D eigenvalue weighted by molar-refractivity contribution is -0.142. The van der Waals surface area contributed by atoms with Crippen molar-refractivity contribution in [3.63, 3.8) is 0 Å². The van der Waals surface area contributed by atoms with Gasteiger partial charge in [-0.05, 0) is 30.5 Å². The molecule has 2 rings (SSSR count). The van der Waals surface area contributed by atoms with Crippen molar-refractivity contribution in [2.75, 3.05) is 13.1 Å². The number of aliphatic carboxylic acids is 1. The predicted molar refractivity (Wildman–Crippen MR) is 66.6 cm³/mol. The minimum absolute atomic E-state index is 0.0604. The van der Waals surface area contributed by atoms with E-state index in [2.05, 4.69) is 0 Å². The van der Waals surface area contributed by atoms with Crippen molar-refractivity contribution in [2.45, 2.75) is 19.9 Å². The van der Waals surface area contributed by atoms with E-state index in [-0.39, 0.29) is 12.0 Å². The summed E-state index contributed by atoms with van der Waals surface area (Å²) in [6.07, 6.45) is 0. The highest BCUT2D eigenvalue weighted by Gasteiger charge is 2.36. The smallest absolute Gasteiger partial charge is 0.308 e. The van der Waals surface area contributed by atoms with Gasteiger partial charge >= 0.3 is 5.97 Å². The van der Waals surface area contributed by atoms with Crippen LogP contribution in [0.2, 0.25) is 0 Å². The summed E-state index contributed by atoms with van der Waals surface area (Å²) in [5.74, 6) is -2.87. The van der Waals surface area contributed by atoms with E-state index in [0.29, 0.717) is 18.7 Å². The van der Waals surface area contributed by atoms with Gasteiger partial charge in [0.25, 0.3) is 0 Å². The van der Waals surface area contributed by atoms with Gasteiger partial charge in [0.05, 0.1) is 5.92 Å². The van der Waals surface area contributed by atoms with Crippen molar-refractivity contribution in [1.82, 2.24) is 4.90 Å². The summed E-state index contributed by atoms with van der Waals surface area (Å²) in [5, 5.41) is 9.10. The lowest BCUT2D eigenvalue weighted by Gasteiger charge is -2.24. The van der Waals surface area contributed by atoms with Gasteiger partial charge < -0.3 is 5.11 Å². The zero-order chi connectivity index (χ0) is 14.2. The Labute approximate surface area is 110 Å². The Balaban J connectivity index is 2.14. The second-order valence-corrected chi connectivity index (χ2v) is 5.23. The van der Waals surface area contributed by atoms with Crippen LogP contribution in [0.1, 0.15) is 25.5 Å².